The number of rotatable bonds is 6. The van der Waals surface area contributed by atoms with E-state index in [1.54, 1.807) is 17.4 Å². The number of non-ortho nitro benzene ring substituents is 1. The van der Waals surface area contributed by atoms with Gasteiger partial charge in [-0.2, -0.15) is 0 Å². The number of nitro benzene ring substituents is 1. The maximum absolute atomic E-state index is 10.6. The predicted octanol–water partition coefficient (Wildman–Crippen LogP) is 3.92. The van der Waals surface area contributed by atoms with E-state index in [9.17, 15) is 10.1 Å². The standard InChI is InChI=1S/C13H14ClN3O2S/c1-2-10-8-16-13(20-10)5-6-15-12-4-3-9(17(18)19)7-11(12)14/h3-4,7-8,15H,2,5-6H2,1H3. The normalized spacial score (nSPS) is 10.5. The summed E-state index contributed by atoms with van der Waals surface area (Å²) in [4.78, 5) is 15.8. The Labute approximate surface area is 125 Å². The van der Waals surface area contributed by atoms with Crippen molar-refractivity contribution >= 4 is 34.3 Å². The van der Waals surface area contributed by atoms with Crippen LogP contribution in [0, 0.1) is 10.1 Å². The van der Waals surface area contributed by atoms with Crippen LogP contribution < -0.4 is 5.32 Å². The summed E-state index contributed by atoms with van der Waals surface area (Å²) in [6, 6.07) is 4.41. The lowest BCUT2D eigenvalue weighted by atomic mass is 10.2. The molecule has 1 aromatic carbocycles. The topological polar surface area (TPSA) is 68.1 Å². The molecule has 0 bridgehead atoms. The van der Waals surface area contributed by atoms with E-state index < -0.39 is 4.92 Å². The third-order valence-electron chi connectivity index (χ3n) is 2.77. The van der Waals surface area contributed by atoms with Crippen LogP contribution in [-0.4, -0.2) is 16.5 Å². The lowest BCUT2D eigenvalue weighted by Gasteiger charge is -2.06. The number of nitro groups is 1. The van der Waals surface area contributed by atoms with Gasteiger partial charge in [-0.05, 0) is 12.5 Å². The summed E-state index contributed by atoms with van der Waals surface area (Å²) in [6.45, 7) is 2.79. The summed E-state index contributed by atoms with van der Waals surface area (Å²) in [5.74, 6) is 0. The largest absolute Gasteiger partial charge is 0.383 e. The predicted molar refractivity (Wildman–Crippen MR) is 81.8 cm³/mol. The molecule has 106 valence electrons. The Morgan fingerprint density at radius 3 is 2.90 bits per heavy atom. The van der Waals surface area contributed by atoms with Gasteiger partial charge in [0.05, 0.1) is 20.6 Å². The Bertz CT molecular complexity index is 615. The van der Waals surface area contributed by atoms with Crippen LogP contribution in [0.2, 0.25) is 5.02 Å². The molecule has 2 aromatic rings. The number of hydrogen-bond donors (Lipinski definition) is 1. The van der Waals surface area contributed by atoms with Gasteiger partial charge in [-0.3, -0.25) is 10.1 Å². The van der Waals surface area contributed by atoms with Crippen molar-refractivity contribution in [2.24, 2.45) is 0 Å². The zero-order valence-electron chi connectivity index (χ0n) is 10.9. The SMILES string of the molecule is CCc1cnc(CCNc2ccc([N+](=O)[O-])cc2Cl)s1. The number of thiazole rings is 1. The van der Waals surface area contributed by atoms with Crippen molar-refractivity contribution in [1.82, 2.24) is 4.98 Å². The van der Waals surface area contributed by atoms with Gasteiger partial charge in [0.15, 0.2) is 0 Å². The molecule has 0 saturated carbocycles. The molecule has 0 saturated heterocycles. The number of anilines is 1. The minimum atomic E-state index is -0.461. The number of aromatic nitrogens is 1. The maximum Gasteiger partial charge on any atom is 0.271 e. The number of aryl methyl sites for hydroxylation is 1. The van der Waals surface area contributed by atoms with E-state index in [4.69, 9.17) is 11.6 Å². The first kappa shape index (κ1) is 14.7. The smallest absolute Gasteiger partial charge is 0.271 e. The number of nitrogens with one attached hydrogen (secondary N) is 1. The van der Waals surface area contributed by atoms with Crippen LogP contribution in [0.15, 0.2) is 24.4 Å². The molecule has 0 fully saturated rings. The first-order valence-corrected chi connectivity index (χ1v) is 7.41. The average Bonchev–Trinajstić information content (AvgIpc) is 2.88. The van der Waals surface area contributed by atoms with E-state index in [1.165, 1.54) is 17.0 Å². The number of halogens is 1. The molecule has 2 rings (SSSR count). The van der Waals surface area contributed by atoms with Crippen LogP contribution in [0.25, 0.3) is 0 Å². The summed E-state index contributed by atoms with van der Waals surface area (Å²) in [5.41, 5.74) is 0.692. The van der Waals surface area contributed by atoms with E-state index >= 15 is 0 Å². The van der Waals surface area contributed by atoms with Crippen LogP contribution in [0.1, 0.15) is 16.8 Å². The summed E-state index contributed by atoms with van der Waals surface area (Å²) < 4.78 is 0. The monoisotopic (exact) mass is 311 g/mol. The molecule has 0 unspecified atom stereocenters. The molecule has 0 radical (unpaired) electrons. The molecule has 1 N–H and O–H groups in total. The first-order chi connectivity index (χ1) is 9.60. The fourth-order valence-corrected chi connectivity index (χ4v) is 2.80. The van der Waals surface area contributed by atoms with E-state index in [0.717, 1.165) is 17.8 Å². The third kappa shape index (κ3) is 3.68. The van der Waals surface area contributed by atoms with E-state index in [0.29, 0.717) is 17.3 Å². The van der Waals surface area contributed by atoms with Crippen LogP contribution in [0.4, 0.5) is 11.4 Å². The van der Waals surface area contributed by atoms with Crippen molar-refractivity contribution in [3.63, 3.8) is 0 Å². The summed E-state index contributed by atoms with van der Waals surface area (Å²) in [5, 5.41) is 15.2. The number of hydrogen-bond acceptors (Lipinski definition) is 5. The number of benzene rings is 1. The number of nitrogens with zero attached hydrogens (tertiary/aromatic N) is 2. The Balaban J connectivity index is 1.92. The molecule has 0 aliphatic rings. The highest BCUT2D eigenvalue weighted by atomic mass is 35.5. The highest BCUT2D eigenvalue weighted by Crippen LogP contribution is 2.26. The second-order valence-corrected chi connectivity index (χ2v) is 5.78. The Morgan fingerprint density at radius 1 is 1.50 bits per heavy atom. The van der Waals surface area contributed by atoms with Gasteiger partial charge in [0.25, 0.3) is 5.69 Å². The summed E-state index contributed by atoms with van der Waals surface area (Å²) in [7, 11) is 0. The summed E-state index contributed by atoms with van der Waals surface area (Å²) in [6.07, 6.45) is 3.70. The highest BCUT2D eigenvalue weighted by molar-refractivity contribution is 7.11. The van der Waals surface area contributed by atoms with E-state index in [-0.39, 0.29) is 5.69 Å². The van der Waals surface area contributed by atoms with Crippen molar-refractivity contribution in [2.75, 3.05) is 11.9 Å². The minimum Gasteiger partial charge on any atom is -0.383 e. The quantitative estimate of drug-likeness (QED) is 0.648. The lowest BCUT2D eigenvalue weighted by Crippen LogP contribution is -2.05. The third-order valence-corrected chi connectivity index (χ3v) is 4.28. The van der Waals surface area contributed by atoms with Gasteiger partial charge < -0.3 is 5.32 Å². The van der Waals surface area contributed by atoms with Crippen molar-refractivity contribution in [1.29, 1.82) is 0 Å². The van der Waals surface area contributed by atoms with Crippen LogP contribution in [0.5, 0.6) is 0 Å². The fraction of sp³-hybridized carbons (Fsp3) is 0.308. The Hall–Kier alpha value is -1.66. The fourth-order valence-electron chi connectivity index (χ4n) is 1.69. The van der Waals surface area contributed by atoms with E-state index in [2.05, 4.69) is 17.2 Å². The molecule has 20 heavy (non-hydrogen) atoms. The second-order valence-electron chi connectivity index (χ2n) is 4.17. The van der Waals surface area contributed by atoms with Crippen molar-refractivity contribution < 1.29 is 4.92 Å². The van der Waals surface area contributed by atoms with Crippen LogP contribution in [-0.2, 0) is 12.8 Å². The van der Waals surface area contributed by atoms with Crippen molar-refractivity contribution in [3.8, 4) is 0 Å². The zero-order chi connectivity index (χ0) is 14.5. The molecule has 1 aromatic heterocycles. The van der Waals surface area contributed by atoms with Crippen LogP contribution >= 0.6 is 22.9 Å². The Kier molecular flexibility index (Phi) is 4.92. The van der Waals surface area contributed by atoms with Crippen LogP contribution in [0.3, 0.4) is 0 Å². The lowest BCUT2D eigenvalue weighted by molar-refractivity contribution is -0.384. The average molecular weight is 312 g/mol. The van der Waals surface area contributed by atoms with Gasteiger partial charge in [-0.25, -0.2) is 4.98 Å². The molecule has 0 amide bonds. The first-order valence-electron chi connectivity index (χ1n) is 6.21. The molecular weight excluding hydrogens is 298 g/mol. The molecule has 0 atom stereocenters. The molecule has 1 heterocycles. The summed E-state index contributed by atoms with van der Waals surface area (Å²) >= 11 is 7.71. The van der Waals surface area contributed by atoms with Gasteiger partial charge in [-0.15, -0.1) is 11.3 Å². The zero-order valence-corrected chi connectivity index (χ0v) is 12.5. The Morgan fingerprint density at radius 2 is 2.30 bits per heavy atom. The van der Waals surface area contributed by atoms with Gasteiger partial charge in [0.1, 0.15) is 0 Å². The molecule has 5 nitrogen and oxygen atoms in total. The minimum absolute atomic E-state index is 0.00642. The van der Waals surface area contributed by atoms with Gasteiger partial charge in [0.2, 0.25) is 0 Å². The van der Waals surface area contributed by atoms with Gasteiger partial charge >= 0.3 is 0 Å². The molecule has 0 aliphatic carbocycles. The molecule has 0 spiro atoms. The van der Waals surface area contributed by atoms with Gasteiger partial charge in [-0.1, -0.05) is 18.5 Å². The molecule has 7 heteroatoms. The van der Waals surface area contributed by atoms with Crippen molar-refractivity contribution in [3.05, 3.63) is 49.4 Å². The van der Waals surface area contributed by atoms with E-state index in [1.807, 2.05) is 6.20 Å². The van der Waals surface area contributed by atoms with Crippen molar-refractivity contribution in [2.45, 2.75) is 19.8 Å². The molecular formula is C13H14ClN3O2S. The maximum atomic E-state index is 10.6. The second kappa shape index (κ2) is 6.67. The van der Waals surface area contributed by atoms with Gasteiger partial charge in [0, 0.05) is 36.2 Å². The molecule has 0 aliphatic heterocycles. The highest BCUT2D eigenvalue weighted by Gasteiger charge is 2.09.